The van der Waals surface area contributed by atoms with Crippen LogP contribution in [0, 0.1) is 0 Å². The highest BCUT2D eigenvalue weighted by atomic mass is 16.8. The maximum Gasteiger partial charge on any atom is 0.528 e. The summed E-state index contributed by atoms with van der Waals surface area (Å²) in [6.07, 6.45) is -1.00. The fourth-order valence-corrected chi connectivity index (χ4v) is 1.65. The molecular formula is C14H14N2O6. The van der Waals surface area contributed by atoms with Crippen molar-refractivity contribution in [1.29, 1.82) is 0 Å². The van der Waals surface area contributed by atoms with Crippen molar-refractivity contribution in [2.75, 3.05) is 6.54 Å². The Morgan fingerprint density at radius 3 is 2.32 bits per heavy atom. The Bertz CT molecular complexity index is 633. The van der Waals surface area contributed by atoms with Crippen molar-refractivity contribution in [2.24, 2.45) is 0 Å². The average molecular weight is 306 g/mol. The quantitative estimate of drug-likeness (QED) is 0.565. The summed E-state index contributed by atoms with van der Waals surface area (Å²) in [5.41, 5.74) is 2.89. The summed E-state index contributed by atoms with van der Waals surface area (Å²) in [6.45, 7) is -0.412. The zero-order chi connectivity index (χ0) is 15.9. The Morgan fingerprint density at radius 2 is 1.68 bits per heavy atom. The second kappa shape index (κ2) is 7.14. The first-order valence-corrected chi connectivity index (χ1v) is 6.31. The van der Waals surface area contributed by atoms with Crippen molar-refractivity contribution in [3.8, 4) is 11.8 Å². The molecule has 1 aromatic heterocycles. The molecular weight excluding hydrogens is 292 g/mol. The SMILES string of the molecule is O=C(OCc1ccccc1)ONCC(=O)n1c(O)ccc1O. The van der Waals surface area contributed by atoms with Gasteiger partial charge in [0.2, 0.25) is 11.8 Å². The summed E-state index contributed by atoms with van der Waals surface area (Å²) in [5, 5.41) is 18.7. The predicted octanol–water partition coefficient (Wildman–Crippen LogP) is 1.40. The van der Waals surface area contributed by atoms with Crippen molar-refractivity contribution < 1.29 is 29.4 Å². The highest BCUT2D eigenvalue weighted by Gasteiger charge is 2.14. The largest absolute Gasteiger partial charge is 0.528 e. The topological polar surface area (TPSA) is 110 Å². The molecule has 0 spiro atoms. The lowest BCUT2D eigenvalue weighted by molar-refractivity contribution is 0.0124. The lowest BCUT2D eigenvalue weighted by Gasteiger charge is -2.08. The highest BCUT2D eigenvalue weighted by Crippen LogP contribution is 2.19. The molecule has 0 atom stereocenters. The minimum Gasteiger partial charge on any atom is -0.494 e. The van der Waals surface area contributed by atoms with Crippen LogP contribution in [0.5, 0.6) is 11.8 Å². The molecule has 0 saturated carbocycles. The van der Waals surface area contributed by atoms with E-state index in [1.165, 1.54) is 0 Å². The van der Waals surface area contributed by atoms with Gasteiger partial charge in [-0.05, 0) is 5.56 Å². The molecule has 1 heterocycles. The first-order chi connectivity index (χ1) is 10.6. The summed E-state index contributed by atoms with van der Waals surface area (Å²) in [7, 11) is 0. The van der Waals surface area contributed by atoms with Crippen molar-refractivity contribution in [3.05, 3.63) is 48.0 Å². The van der Waals surface area contributed by atoms with Gasteiger partial charge in [0.25, 0.3) is 5.91 Å². The van der Waals surface area contributed by atoms with Crippen LogP contribution < -0.4 is 5.48 Å². The van der Waals surface area contributed by atoms with Crippen LogP contribution in [0.4, 0.5) is 4.79 Å². The molecule has 0 aliphatic carbocycles. The number of benzene rings is 1. The third-order valence-corrected chi connectivity index (χ3v) is 2.67. The van der Waals surface area contributed by atoms with Gasteiger partial charge in [-0.1, -0.05) is 30.3 Å². The first kappa shape index (κ1) is 15.4. The van der Waals surface area contributed by atoms with Crippen molar-refractivity contribution in [1.82, 2.24) is 10.0 Å². The normalized spacial score (nSPS) is 10.2. The van der Waals surface area contributed by atoms with E-state index >= 15 is 0 Å². The summed E-state index contributed by atoms with van der Waals surface area (Å²) < 4.78 is 5.47. The summed E-state index contributed by atoms with van der Waals surface area (Å²) in [6, 6.07) is 11.3. The van der Waals surface area contributed by atoms with Gasteiger partial charge in [0, 0.05) is 12.1 Å². The van der Waals surface area contributed by atoms with Gasteiger partial charge in [-0.15, -0.1) is 5.48 Å². The minimum atomic E-state index is -1.00. The van der Waals surface area contributed by atoms with Crippen LogP contribution >= 0.6 is 0 Å². The van der Waals surface area contributed by atoms with E-state index in [9.17, 15) is 19.8 Å². The first-order valence-electron chi connectivity index (χ1n) is 6.31. The van der Waals surface area contributed by atoms with Gasteiger partial charge >= 0.3 is 6.16 Å². The molecule has 0 amide bonds. The number of hydrogen-bond acceptors (Lipinski definition) is 7. The van der Waals surface area contributed by atoms with E-state index in [0.717, 1.165) is 17.7 Å². The molecule has 8 heteroatoms. The Hall–Kier alpha value is -3.00. The van der Waals surface area contributed by atoms with Crippen LogP contribution in [-0.2, 0) is 16.2 Å². The van der Waals surface area contributed by atoms with Gasteiger partial charge in [-0.3, -0.25) is 4.79 Å². The van der Waals surface area contributed by atoms with Crippen molar-refractivity contribution in [3.63, 3.8) is 0 Å². The van der Waals surface area contributed by atoms with E-state index in [1.807, 2.05) is 6.07 Å². The van der Waals surface area contributed by atoms with E-state index in [-0.39, 0.29) is 6.61 Å². The molecule has 0 fully saturated rings. The lowest BCUT2D eigenvalue weighted by Crippen LogP contribution is -2.29. The highest BCUT2D eigenvalue weighted by molar-refractivity contribution is 5.84. The average Bonchev–Trinajstić information content (AvgIpc) is 2.85. The van der Waals surface area contributed by atoms with Gasteiger partial charge < -0.3 is 19.8 Å². The lowest BCUT2D eigenvalue weighted by atomic mass is 10.2. The molecule has 0 aliphatic heterocycles. The molecule has 2 rings (SSSR count). The fraction of sp³-hybridized carbons (Fsp3) is 0.143. The Kier molecular flexibility index (Phi) is 4.99. The van der Waals surface area contributed by atoms with Crippen molar-refractivity contribution >= 4 is 12.1 Å². The van der Waals surface area contributed by atoms with Crippen LogP contribution in [-0.4, -0.2) is 33.4 Å². The second-order valence-corrected chi connectivity index (χ2v) is 4.23. The number of carbonyl (C=O) groups excluding carboxylic acids is 2. The monoisotopic (exact) mass is 306 g/mol. The molecule has 2 aromatic rings. The smallest absolute Gasteiger partial charge is 0.494 e. The number of nitrogens with one attached hydrogen (secondary N) is 1. The molecule has 0 unspecified atom stereocenters. The Balaban J connectivity index is 1.72. The van der Waals surface area contributed by atoms with E-state index in [0.29, 0.717) is 4.57 Å². The standard InChI is InChI=1S/C14H14N2O6/c17-11-6-7-12(18)16(11)13(19)8-15-22-14(20)21-9-10-4-2-1-3-5-10/h1-7,15,17-18H,8-9H2. The van der Waals surface area contributed by atoms with E-state index in [1.54, 1.807) is 24.3 Å². The number of aromatic hydroxyl groups is 2. The van der Waals surface area contributed by atoms with E-state index in [2.05, 4.69) is 10.3 Å². The number of rotatable bonds is 5. The van der Waals surface area contributed by atoms with Gasteiger partial charge in [-0.25, -0.2) is 9.36 Å². The Labute approximate surface area is 125 Å². The molecule has 0 radical (unpaired) electrons. The summed E-state index contributed by atoms with van der Waals surface area (Å²) >= 11 is 0. The van der Waals surface area contributed by atoms with Gasteiger partial charge in [0.1, 0.15) is 13.2 Å². The number of aromatic nitrogens is 1. The molecule has 8 nitrogen and oxygen atoms in total. The molecule has 3 N–H and O–H groups in total. The fourth-order valence-electron chi connectivity index (χ4n) is 1.65. The van der Waals surface area contributed by atoms with Crippen LogP contribution in [0.15, 0.2) is 42.5 Å². The molecule has 22 heavy (non-hydrogen) atoms. The number of ether oxygens (including phenoxy) is 1. The van der Waals surface area contributed by atoms with Crippen LogP contribution in [0.25, 0.3) is 0 Å². The number of hydroxylamine groups is 1. The number of carbonyl (C=O) groups is 2. The second-order valence-electron chi connectivity index (χ2n) is 4.23. The molecule has 0 saturated heterocycles. The number of nitrogens with zero attached hydrogens (tertiary/aromatic N) is 1. The van der Waals surface area contributed by atoms with Crippen molar-refractivity contribution in [2.45, 2.75) is 6.61 Å². The third-order valence-electron chi connectivity index (χ3n) is 2.67. The molecule has 0 bridgehead atoms. The van der Waals surface area contributed by atoms with Gasteiger partial charge in [0.05, 0.1) is 0 Å². The van der Waals surface area contributed by atoms with Crippen LogP contribution in [0.1, 0.15) is 10.4 Å². The van der Waals surface area contributed by atoms with Gasteiger partial charge in [0.15, 0.2) is 0 Å². The maximum absolute atomic E-state index is 11.7. The zero-order valence-corrected chi connectivity index (χ0v) is 11.4. The van der Waals surface area contributed by atoms with Gasteiger partial charge in [-0.2, -0.15) is 0 Å². The van der Waals surface area contributed by atoms with Crippen LogP contribution in [0.3, 0.4) is 0 Å². The maximum atomic E-state index is 11.7. The third kappa shape index (κ3) is 4.00. The molecule has 1 aromatic carbocycles. The predicted molar refractivity (Wildman–Crippen MR) is 74.1 cm³/mol. The molecule has 116 valence electrons. The summed E-state index contributed by atoms with van der Waals surface area (Å²) in [4.78, 5) is 27.5. The Morgan fingerprint density at radius 1 is 1.05 bits per heavy atom. The minimum absolute atomic E-state index is 0.0362. The van der Waals surface area contributed by atoms with E-state index in [4.69, 9.17) is 4.74 Å². The number of hydrogen-bond donors (Lipinski definition) is 3. The summed E-state index contributed by atoms with van der Waals surface area (Å²) in [5.74, 6) is -1.55. The van der Waals surface area contributed by atoms with Crippen LogP contribution in [0.2, 0.25) is 0 Å². The van der Waals surface area contributed by atoms with E-state index < -0.39 is 30.4 Å². The molecule has 0 aliphatic rings. The zero-order valence-electron chi connectivity index (χ0n) is 11.4.